The van der Waals surface area contributed by atoms with Crippen molar-refractivity contribution in [2.45, 2.75) is 26.9 Å². The molecule has 0 aliphatic carbocycles. The van der Waals surface area contributed by atoms with Crippen LogP contribution in [0.4, 0.5) is 10.5 Å². The van der Waals surface area contributed by atoms with Crippen molar-refractivity contribution in [3.8, 4) is 0 Å². The number of guanidine groups is 1. The minimum Gasteiger partial charge on any atom is -0.375 e. The van der Waals surface area contributed by atoms with E-state index in [0.717, 1.165) is 23.1 Å². The summed E-state index contributed by atoms with van der Waals surface area (Å²) in [6, 6.07) is 15.2. The number of rotatable bonds is 7. The van der Waals surface area contributed by atoms with Gasteiger partial charge in [-0.05, 0) is 30.0 Å². The number of benzene rings is 2. The fourth-order valence-electron chi connectivity index (χ4n) is 2.73. The molecule has 2 amide bonds. The zero-order valence-electron chi connectivity index (χ0n) is 15.3. The molecule has 0 atom stereocenters. The Bertz CT molecular complexity index is 747. The molecule has 0 bridgehead atoms. The Morgan fingerprint density at radius 2 is 1.92 bits per heavy atom. The van der Waals surface area contributed by atoms with Gasteiger partial charge in [0.15, 0.2) is 0 Å². The number of nitrogens with one attached hydrogen (secondary N) is 2. The van der Waals surface area contributed by atoms with Gasteiger partial charge in [-0.1, -0.05) is 55.5 Å². The molecule has 0 radical (unpaired) electrons. The van der Waals surface area contributed by atoms with Crippen LogP contribution in [0.5, 0.6) is 0 Å². The van der Waals surface area contributed by atoms with Crippen molar-refractivity contribution >= 4 is 17.7 Å². The Morgan fingerprint density at radius 3 is 2.58 bits per heavy atom. The number of anilines is 1. The molecule has 6 heteroatoms. The SMILES string of the molecule is CCc1cccc(C)c1N(C(=N)N)C(=O)NCCOCc1ccccc1. The van der Waals surface area contributed by atoms with Gasteiger partial charge in [0.1, 0.15) is 0 Å². The van der Waals surface area contributed by atoms with Crippen LogP contribution in [0, 0.1) is 12.3 Å². The first-order chi connectivity index (χ1) is 12.5. The van der Waals surface area contributed by atoms with Crippen LogP contribution in [-0.4, -0.2) is 25.1 Å². The highest BCUT2D eigenvalue weighted by atomic mass is 16.5. The van der Waals surface area contributed by atoms with Crippen LogP contribution < -0.4 is 16.0 Å². The van der Waals surface area contributed by atoms with Crippen LogP contribution in [-0.2, 0) is 17.8 Å². The molecule has 0 fully saturated rings. The number of hydrogen-bond donors (Lipinski definition) is 3. The van der Waals surface area contributed by atoms with Crippen molar-refractivity contribution in [2.75, 3.05) is 18.1 Å². The van der Waals surface area contributed by atoms with E-state index >= 15 is 0 Å². The van der Waals surface area contributed by atoms with Crippen molar-refractivity contribution in [2.24, 2.45) is 5.73 Å². The van der Waals surface area contributed by atoms with Crippen molar-refractivity contribution in [1.29, 1.82) is 5.41 Å². The highest BCUT2D eigenvalue weighted by molar-refractivity contribution is 6.14. The number of urea groups is 1. The van der Waals surface area contributed by atoms with Crippen molar-refractivity contribution in [1.82, 2.24) is 5.32 Å². The number of amides is 2. The van der Waals surface area contributed by atoms with E-state index in [1.165, 1.54) is 4.90 Å². The molecule has 0 saturated carbocycles. The van der Waals surface area contributed by atoms with E-state index in [4.69, 9.17) is 15.9 Å². The van der Waals surface area contributed by atoms with Gasteiger partial charge in [-0.15, -0.1) is 0 Å². The van der Waals surface area contributed by atoms with Crippen molar-refractivity contribution < 1.29 is 9.53 Å². The normalized spacial score (nSPS) is 10.4. The van der Waals surface area contributed by atoms with Gasteiger partial charge in [0, 0.05) is 6.54 Å². The zero-order valence-corrected chi connectivity index (χ0v) is 15.3. The molecule has 2 rings (SSSR count). The van der Waals surface area contributed by atoms with Gasteiger partial charge < -0.3 is 15.8 Å². The summed E-state index contributed by atoms with van der Waals surface area (Å²) in [6.07, 6.45) is 0.744. The second kappa shape index (κ2) is 9.58. The van der Waals surface area contributed by atoms with E-state index < -0.39 is 6.03 Å². The van der Waals surface area contributed by atoms with Crippen molar-refractivity contribution in [3.63, 3.8) is 0 Å². The summed E-state index contributed by atoms with van der Waals surface area (Å²) in [6.45, 7) is 5.11. The smallest absolute Gasteiger partial charge is 0.328 e. The number of ether oxygens (including phenoxy) is 1. The van der Waals surface area contributed by atoms with Gasteiger partial charge in [-0.25, -0.2) is 9.69 Å². The maximum Gasteiger partial charge on any atom is 0.328 e. The Balaban J connectivity index is 1.94. The molecule has 0 spiro atoms. The monoisotopic (exact) mass is 354 g/mol. The summed E-state index contributed by atoms with van der Waals surface area (Å²) >= 11 is 0. The van der Waals surface area contributed by atoms with Crippen LogP contribution in [0.3, 0.4) is 0 Å². The minimum atomic E-state index is -0.426. The summed E-state index contributed by atoms with van der Waals surface area (Å²) in [4.78, 5) is 13.8. The lowest BCUT2D eigenvalue weighted by Gasteiger charge is -2.25. The number of nitrogens with two attached hydrogens (primary N) is 1. The van der Waals surface area contributed by atoms with Gasteiger partial charge in [0.05, 0.1) is 18.9 Å². The van der Waals surface area contributed by atoms with E-state index in [-0.39, 0.29) is 5.96 Å². The summed E-state index contributed by atoms with van der Waals surface area (Å²) in [5.41, 5.74) is 9.30. The molecular formula is C20H26N4O2. The Kier molecular flexibility index (Phi) is 7.17. The van der Waals surface area contributed by atoms with Crippen LogP contribution >= 0.6 is 0 Å². The fraction of sp³-hybridized carbons (Fsp3) is 0.300. The Hall–Kier alpha value is -2.86. The molecule has 0 aliphatic rings. The molecule has 6 nitrogen and oxygen atoms in total. The highest BCUT2D eigenvalue weighted by Crippen LogP contribution is 2.25. The molecule has 26 heavy (non-hydrogen) atoms. The maximum absolute atomic E-state index is 12.6. The van der Waals surface area contributed by atoms with E-state index in [1.54, 1.807) is 0 Å². The molecule has 2 aromatic rings. The third-order valence-corrected chi connectivity index (χ3v) is 4.00. The van der Waals surface area contributed by atoms with Gasteiger partial charge in [0.25, 0.3) is 0 Å². The van der Waals surface area contributed by atoms with E-state index in [0.29, 0.717) is 25.4 Å². The largest absolute Gasteiger partial charge is 0.375 e. The second-order valence-electron chi connectivity index (χ2n) is 5.93. The van der Waals surface area contributed by atoms with Crippen LogP contribution in [0.25, 0.3) is 0 Å². The third-order valence-electron chi connectivity index (χ3n) is 4.00. The number of carbonyl (C=O) groups is 1. The molecule has 0 heterocycles. The second-order valence-corrected chi connectivity index (χ2v) is 5.93. The number of carbonyl (C=O) groups excluding carboxylic acids is 1. The Labute approximate surface area is 154 Å². The van der Waals surface area contributed by atoms with Crippen LogP contribution in [0.15, 0.2) is 48.5 Å². The lowest BCUT2D eigenvalue weighted by atomic mass is 10.0. The summed E-state index contributed by atoms with van der Waals surface area (Å²) in [7, 11) is 0. The topological polar surface area (TPSA) is 91.4 Å². The first kappa shape index (κ1) is 19.5. The molecule has 138 valence electrons. The molecule has 4 N–H and O–H groups in total. The third kappa shape index (κ3) is 5.07. The van der Waals surface area contributed by atoms with Gasteiger partial charge in [-0.3, -0.25) is 5.41 Å². The fourth-order valence-corrected chi connectivity index (χ4v) is 2.73. The average Bonchev–Trinajstić information content (AvgIpc) is 2.63. The standard InChI is InChI=1S/C20H26N4O2/c1-3-17-11-7-8-15(2)18(17)24(19(21)22)20(25)23-12-13-26-14-16-9-5-4-6-10-16/h4-11H,3,12-14H2,1-2H3,(H3,21,22)(H,23,25). The first-order valence-corrected chi connectivity index (χ1v) is 8.66. The van der Waals surface area contributed by atoms with Gasteiger partial charge in [0.2, 0.25) is 5.96 Å². The van der Waals surface area contributed by atoms with E-state index in [9.17, 15) is 4.79 Å². The quantitative estimate of drug-likeness (QED) is 0.405. The highest BCUT2D eigenvalue weighted by Gasteiger charge is 2.22. The number of aryl methyl sites for hydroxylation is 2. The summed E-state index contributed by atoms with van der Waals surface area (Å²) < 4.78 is 5.57. The number of hydrogen-bond acceptors (Lipinski definition) is 3. The lowest BCUT2D eigenvalue weighted by molar-refractivity contribution is 0.124. The van der Waals surface area contributed by atoms with Gasteiger partial charge in [-0.2, -0.15) is 0 Å². The molecule has 2 aromatic carbocycles. The zero-order chi connectivity index (χ0) is 18.9. The molecule has 0 aromatic heterocycles. The Morgan fingerprint density at radius 1 is 1.19 bits per heavy atom. The molecule has 0 aliphatic heterocycles. The van der Waals surface area contributed by atoms with Gasteiger partial charge >= 0.3 is 6.03 Å². The lowest BCUT2D eigenvalue weighted by Crippen LogP contribution is -2.48. The van der Waals surface area contributed by atoms with Crippen LogP contribution in [0.1, 0.15) is 23.6 Å². The van der Waals surface area contributed by atoms with Crippen LogP contribution in [0.2, 0.25) is 0 Å². The maximum atomic E-state index is 12.6. The molecule has 0 saturated heterocycles. The van der Waals surface area contributed by atoms with E-state index in [1.807, 2.05) is 62.4 Å². The summed E-state index contributed by atoms with van der Waals surface area (Å²) in [5, 5.41) is 10.6. The number of para-hydroxylation sites is 1. The first-order valence-electron chi connectivity index (χ1n) is 8.66. The minimum absolute atomic E-state index is 0.309. The molecular weight excluding hydrogens is 328 g/mol. The average molecular weight is 354 g/mol. The van der Waals surface area contributed by atoms with E-state index in [2.05, 4.69) is 5.32 Å². The predicted molar refractivity (Wildman–Crippen MR) is 104 cm³/mol. The predicted octanol–water partition coefficient (Wildman–Crippen LogP) is 3.18. The molecule has 0 unspecified atom stereocenters. The summed E-state index contributed by atoms with van der Waals surface area (Å²) in [5.74, 6) is -0.309. The number of nitrogens with zero attached hydrogens (tertiary/aromatic N) is 1. The van der Waals surface area contributed by atoms with Crippen molar-refractivity contribution in [3.05, 3.63) is 65.2 Å².